The lowest BCUT2D eigenvalue weighted by molar-refractivity contribution is 0.0995. The number of piperidine rings is 1. The number of amides is 1. The van der Waals surface area contributed by atoms with Gasteiger partial charge >= 0.3 is 0 Å². The summed E-state index contributed by atoms with van der Waals surface area (Å²) in [4.78, 5) is 22.5. The number of nitrogens with one attached hydrogen (secondary N) is 2. The molecule has 0 spiro atoms. The maximum absolute atomic E-state index is 12.1. The molecule has 194 valence electrons. The quantitative estimate of drug-likeness (QED) is 0.280. The van der Waals surface area contributed by atoms with E-state index in [-0.39, 0.29) is 17.4 Å². The average Bonchev–Trinajstić information content (AvgIpc) is 3.27. The Bertz CT molecular complexity index is 1420. The highest BCUT2D eigenvalue weighted by atomic mass is 16.3. The minimum absolute atomic E-state index is 0.116. The van der Waals surface area contributed by atoms with Crippen LogP contribution in [0.1, 0.15) is 56.0 Å². The highest BCUT2D eigenvalue weighted by Crippen LogP contribution is 2.39. The second-order valence-electron chi connectivity index (χ2n) is 11.5. The van der Waals surface area contributed by atoms with E-state index < -0.39 is 5.91 Å². The van der Waals surface area contributed by atoms with E-state index in [0.29, 0.717) is 12.1 Å². The number of benzene rings is 2. The normalized spacial score (nSPS) is 18.4. The number of pyridine rings is 1. The van der Waals surface area contributed by atoms with Gasteiger partial charge in [-0.05, 0) is 48.4 Å². The number of aromatic nitrogens is 2. The number of fused-ring (bicyclic) bond motifs is 3. The van der Waals surface area contributed by atoms with E-state index in [9.17, 15) is 9.90 Å². The first-order valence-corrected chi connectivity index (χ1v) is 13.1. The van der Waals surface area contributed by atoms with Gasteiger partial charge in [0, 0.05) is 47.8 Å². The number of nitrogens with two attached hydrogens (primary N) is 1. The molecule has 1 unspecified atom stereocenters. The zero-order chi connectivity index (χ0) is 26.2. The molecule has 37 heavy (non-hydrogen) atoms. The Hall–Kier alpha value is -3.58. The molecule has 7 nitrogen and oxygen atoms in total. The number of carbonyl (C=O) groups is 1. The van der Waals surface area contributed by atoms with Gasteiger partial charge in [-0.1, -0.05) is 51.1 Å². The molecule has 5 N–H and O–H groups in total. The Morgan fingerprint density at radius 3 is 2.65 bits per heavy atom. The highest BCUT2D eigenvalue weighted by Gasteiger charge is 2.36. The van der Waals surface area contributed by atoms with E-state index >= 15 is 0 Å². The van der Waals surface area contributed by atoms with Crippen LogP contribution in [0.4, 0.5) is 11.5 Å². The van der Waals surface area contributed by atoms with Gasteiger partial charge in [0.15, 0.2) is 0 Å². The summed E-state index contributed by atoms with van der Waals surface area (Å²) in [5.74, 6) is 0.335. The standard InChI is InChI=1S/C30H37N5O2/c1-29(2,3)20-9-11-21(12-10-20)32-15-14-30(19-36)13-6-16-35(18-30)28-25-22-7-4-5-8-24(22)34-26(25)23(17-33-28)27(31)37/h4-5,7-12,17,32,34,36H,6,13-16,18-19H2,1-3H3,(H2,31,37). The summed E-state index contributed by atoms with van der Waals surface area (Å²) in [6.45, 7) is 9.10. The smallest absolute Gasteiger partial charge is 0.252 e. The minimum Gasteiger partial charge on any atom is -0.396 e. The maximum Gasteiger partial charge on any atom is 0.252 e. The van der Waals surface area contributed by atoms with Gasteiger partial charge in [0.25, 0.3) is 5.91 Å². The van der Waals surface area contributed by atoms with Crippen molar-refractivity contribution in [1.82, 2.24) is 9.97 Å². The topological polar surface area (TPSA) is 107 Å². The van der Waals surface area contributed by atoms with Crippen LogP contribution in [0.2, 0.25) is 0 Å². The maximum atomic E-state index is 12.1. The third kappa shape index (κ3) is 4.88. The van der Waals surface area contributed by atoms with Crippen molar-refractivity contribution in [3.8, 4) is 0 Å². The molecule has 1 aliphatic rings. The van der Waals surface area contributed by atoms with Gasteiger partial charge in [-0.2, -0.15) is 0 Å². The van der Waals surface area contributed by atoms with Crippen LogP contribution >= 0.6 is 0 Å². The van der Waals surface area contributed by atoms with Crippen LogP contribution in [0, 0.1) is 5.41 Å². The Morgan fingerprint density at radius 2 is 1.95 bits per heavy atom. The molecule has 1 saturated heterocycles. The second-order valence-corrected chi connectivity index (χ2v) is 11.5. The first kappa shape index (κ1) is 25.1. The fourth-order valence-corrected chi connectivity index (χ4v) is 5.62. The Kier molecular flexibility index (Phi) is 6.58. The number of rotatable bonds is 7. The lowest BCUT2D eigenvalue weighted by atomic mass is 9.77. The molecule has 3 heterocycles. The van der Waals surface area contributed by atoms with Crippen molar-refractivity contribution < 1.29 is 9.90 Å². The Balaban J connectivity index is 1.38. The van der Waals surface area contributed by atoms with Gasteiger partial charge in [0.1, 0.15) is 5.82 Å². The first-order valence-electron chi connectivity index (χ1n) is 13.1. The number of aromatic amines is 1. The van der Waals surface area contributed by atoms with E-state index in [1.54, 1.807) is 6.20 Å². The highest BCUT2D eigenvalue weighted by molar-refractivity contribution is 6.18. The van der Waals surface area contributed by atoms with Crippen molar-refractivity contribution in [2.24, 2.45) is 11.1 Å². The number of hydrogen-bond acceptors (Lipinski definition) is 5. The lowest BCUT2D eigenvalue weighted by Crippen LogP contribution is -2.46. The molecule has 0 bridgehead atoms. The molecule has 1 aliphatic heterocycles. The van der Waals surface area contributed by atoms with Crippen molar-refractivity contribution in [3.63, 3.8) is 0 Å². The van der Waals surface area contributed by atoms with Gasteiger partial charge in [-0.25, -0.2) is 4.98 Å². The number of aliphatic hydroxyl groups is 1. The molecule has 0 aliphatic carbocycles. The SMILES string of the molecule is CC(C)(C)c1ccc(NCCC2(CO)CCCN(c3ncc(C(N)=O)c4[nH]c5ccccc5c34)C2)cc1. The van der Waals surface area contributed by atoms with Gasteiger partial charge in [-0.3, -0.25) is 4.79 Å². The zero-order valence-corrected chi connectivity index (χ0v) is 22.0. The lowest BCUT2D eigenvalue weighted by Gasteiger charge is -2.42. The van der Waals surface area contributed by atoms with E-state index in [1.807, 2.05) is 24.3 Å². The second kappa shape index (κ2) is 9.71. The molecule has 1 amide bonds. The number of nitrogens with zero attached hydrogens (tertiary/aromatic N) is 2. The molecule has 5 rings (SSSR count). The van der Waals surface area contributed by atoms with Crippen LogP contribution in [0.25, 0.3) is 21.8 Å². The van der Waals surface area contributed by atoms with E-state index in [2.05, 4.69) is 60.2 Å². The minimum atomic E-state index is -0.499. The number of para-hydroxylation sites is 1. The number of anilines is 2. The van der Waals surface area contributed by atoms with Gasteiger partial charge < -0.3 is 26.0 Å². The zero-order valence-electron chi connectivity index (χ0n) is 22.0. The van der Waals surface area contributed by atoms with Gasteiger partial charge in [0.2, 0.25) is 0 Å². The molecule has 4 aromatic rings. The molecule has 7 heteroatoms. The third-order valence-corrected chi connectivity index (χ3v) is 7.81. The molecule has 2 aromatic carbocycles. The number of carbonyl (C=O) groups excluding carboxylic acids is 1. The number of primary amides is 1. The molecule has 1 fully saturated rings. The number of H-pyrrole nitrogens is 1. The summed E-state index contributed by atoms with van der Waals surface area (Å²) in [5.41, 5.74) is 10.0. The summed E-state index contributed by atoms with van der Waals surface area (Å²) >= 11 is 0. The van der Waals surface area contributed by atoms with Crippen LogP contribution in [-0.2, 0) is 5.41 Å². The first-order chi connectivity index (χ1) is 17.7. The summed E-state index contributed by atoms with van der Waals surface area (Å²) < 4.78 is 0. The number of hydrogen-bond donors (Lipinski definition) is 4. The van der Waals surface area contributed by atoms with E-state index in [4.69, 9.17) is 10.7 Å². The largest absolute Gasteiger partial charge is 0.396 e. The molecule has 0 radical (unpaired) electrons. The fourth-order valence-electron chi connectivity index (χ4n) is 5.62. The Morgan fingerprint density at radius 1 is 1.19 bits per heavy atom. The average molecular weight is 500 g/mol. The molecule has 2 aromatic heterocycles. The molecular formula is C30H37N5O2. The monoisotopic (exact) mass is 499 g/mol. The summed E-state index contributed by atoms with van der Waals surface area (Å²) in [7, 11) is 0. The summed E-state index contributed by atoms with van der Waals surface area (Å²) in [5, 5.41) is 16.0. The predicted molar refractivity (Wildman–Crippen MR) is 151 cm³/mol. The van der Waals surface area contributed by atoms with Crippen LogP contribution in [0.5, 0.6) is 0 Å². The molecule has 1 atom stereocenters. The van der Waals surface area contributed by atoms with Crippen LogP contribution in [0.15, 0.2) is 54.7 Å². The Labute approximate surface area is 218 Å². The van der Waals surface area contributed by atoms with Crippen molar-refractivity contribution in [3.05, 3.63) is 65.9 Å². The van der Waals surface area contributed by atoms with Crippen molar-refractivity contribution >= 4 is 39.2 Å². The van der Waals surface area contributed by atoms with Crippen molar-refractivity contribution in [2.75, 3.05) is 36.5 Å². The third-order valence-electron chi connectivity index (χ3n) is 7.81. The van der Waals surface area contributed by atoms with Crippen molar-refractivity contribution in [2.45, 2.75) is 45.4 Å². The fraction of sp³-hybridized carbons (Fsp3) is 0.400. The van der Waals surface area contributed by atoms with Gasteiger partial charge in [0.05, 0.1) is 23.1 Å². The van der Waals surface area contributed by atoms with Crippen LogP contribution in [0.3, 0.4) is 0 Å². The number of aliphatic hydroxyl groups excluding tert-OH is 1. The summed E-state index contributed by atoms with van der Waals surface area (Å²) in [6.07, 6.45) is 4.34. The van der Waals surface area contributed by atoms with Crippen LogP contribution < -0.4 is 16.0 Å². The van der Waals surface area contributed by atoms with E-state index in [1.165, 1.54) is 5.56 Å². The van der Waals surface area contributed by atoms with Gasteiger partial charge in [-0.15, -0.1) is 0 Å². The van der Waals surface area contributed by atoms with Crippen molar-refractivity contribution in [1.29, 1.82) is 0 Å². The molecule has 0 saturated carbocycles. The van der Waals surface area contributed by atoms with Crippen LogP contribution in [-0.4, -0.2) is 47.2 Å². The predicted octanol–water partition coefficient (Wildman–Crippen LogP) is 5.19. The molecular weight excluding hydrogens is 462 g/mol. The van der Waals surface area contributed by atoms with E-state index in [0.717, 1.165) is 65.7 Å². The summed E-state index contributed by atoms with van der Waals surface area (Å²) in [6, 6.07) is 16.6.